The van der Waals surface area contributed by atoms with Gasteiger partial charge in [-0.15, -0.1) is 0 Å². The monoisotopic (exact) mass is 387 g/mol. The van der Waals surface area contributed by atoms with Crippen LogP contribution in [0.5, 0.6) is 0 Å². The van der Waals surface area contributed by atoms with Crippen molar-refractivity contribution in [2.24, 2.45) is 0 Å². The molecule has 3 aromatic carbocycles. The van der Waals surface area contributed by atoms with E-state index in [0.29, 0.717) is 16.8 Å². The van der Waals surface area contributed by atoms with Gasteiger partial charge in [0, 0.05) is 11.3 Å². The van der Waals surface area contributed by atoms with E-state index in [1.165, 1.54) is 0 Å². The number of anilines is 1. The summed E-state index contributed by atoms with van der Waals surface area (Å²) >= 11 is 0. The normalized spacial score (nSPS) is 11.6. The van der Waals surface area contributed by atoms with Crippen LogP contribution in [0.15, 0.2) is 66.7 Å². The van der Waals surface area contributed by atoms with Gasteiger partial charge >= 0.3 is 5.97 Å². The first kappa shape index (κ1) is 20.3. The second-order valence-electron chi connectivity index (χ2n) is 7.32. The van der Waals surface area contributed by atoms with Gasteiger partial charge in [-0.2, -0.15) is 0 Å². The highest BCUT2D eigenvalue weighted by Crippen LogP contribution is 2.24. The summed E-state index contributed by atoms with van der Waals surface area (Å²) in [7, 11) is 0. The third kappa shape index (κ3) is 4.91. The summed E-state index contributed by atoms with van der Waals surface area (Å²) < 4.78 is 5.71. The molecule has 1 N–H and O–H groups in total. The Morgan fingerprint density at radius 3 is 2.10 bits per heavy atom. The fourth-order valence-electron chi connectivity index (χ4n) is 3.10. The van der Waals surface area contributed by atoms with Gasteiger partial charge < -0.3 is 10.1 Å². The maximum absolute atomic E-state index is 13.1. The van der Waals surface area contributed by atoms with Crippen LogP contribution in [0.2, 0.25) is 0 Å². The third-order valence-electron chi connectivity index (χ3n) is 4.83. The zero-order chi connectivity index (χ0) is 21.0. The largest absolute Gasteiger partial charge is 0.444 e. The summed E-state index contributed by atoms with van der Waals surface area (Å²) in [4.78, 5) is 26.0. The lowest BCUT2D eigenvalue weighted by Gasteiger charge is -2.19. The number of carbonyl (C=O) groups excluding carboxylic acids is 2. The number of nitrogens with one attached hydrogen (secondary N) is 1. The molecule has 0 radical (unpaired) electrons. The summed E-state index contributed by atoms with van der Waals surface area (Å²) in [6.45, 7) is 7.65. The fourth-order valence-corrected chi connectivity index (χ4v) is 3.10. The van der Waals surface area contributed by atoms with Gasteiger partial charge in [-0.3, -0.25) is 4.79 Å². The summed E-state index contributed by atoms with van der Waals surface area (Å²) in [6.07, 6.45) is -1.05. The van der Waals surface area contributed by atoms with Crippen LogP contribution in [0.4, 0.5) is 5.69 Å². The minimum Gasteiger partial charge on any atom is -0.444 e. The molecule has 0 spiro atoms. The Bertz CT molecular complexity index is 1040. The highest BCUT2D eigenvalue weighted by molar-refractivity contribution is 5.99. The Morgan fingerprint density at radius 1 is 0.793 bits per heavy atom. The van der Waals surface area contributed by atoms with E-state index in [2.05, 4.69) is 5.32 Å². The van der Waals surface area contributed by atoms with Crippen molar-refractivity contribution in [2.45, 2.75) is 33.8 Å². The van der Waals surface area contributed by atoms with E-state index in [-0.39, 0.29) is 5.91 Å². The first-order valence-corrected chi connectivity index (χ1v) is 9.56. The van der Waals surface area contributed by atoms with Crippen LogP contribution in [-0.4, -0.2) is 11.9 Å². The van der Waals surface area contributed by atoms with Crippen LogP contribution in [-0.2, 0) is 9.53 Å². The summed E-state index contributed by atoms with van der Waals surface area (Å²) in [5.41, 5.74) is 5.53. The minimum atomic E-state index is -1.05. The van der Waals surface area contributed by atoms with E-state index >= 15 is 0 Å². The number of esters is 1. The number of hydrogen-bond acceptors (Lipinski definition) is 3. The maximum atomic E-state index is 13.1. The predicted octanol–water partition coefficient (Wildman–Crippen LogP) is 5.46. The molecule has 3 aromatic rings. The average Bonchev–Trinajstić information content (AvgIpc) is 2.71. The number of aryl methyl sites for hydroxylation is 4. The molecular formula is C25H25NO3. The summed E-state index contributed by atoms with van der Waals surface area (Å²) in [5.74, 6) is -0.903. The molecule has 3 rings (SSSR count). The summed E-state index contributed by atoms with van der Waals surface area (Å²) in [6, 6.07) is 20.5. The number of hydrogen-bond donors (Lipinski definition) is 1. The van der Waals surface area contributed by atoms with Crippen LogP contribution in [0, 0.1) is 27.7 Å². The van der Waals surface area contributed by atoms with Crippen molar-refractivity contribution in [1.82, 2.24) is 0 Å². The van der Waals surface area contributed by atoms with Crippen LogP contribution >= 0.6 is 0 Å². The lowest BCUT2D eigenvalue weighted by atomic mass is 10.0. The molecule has 0 saturated carbocycles. The van der Waals surface area contributed by atoms with Crippen LogP contribution < -0.4 is 5.32 Å². The minimum absolute atomic E-state index is 0.386. The maximum Gasteiger partial charge on any atom is 0.339 e. The predicted molar refractivity (Wildman–Crippen MR) is 115 cm³/mol. The zero-order valence-corrected chi connectivity index (χ0v) is 17.2. The van der Waals surface area contributed by atoms with E-state index in [1.807, 2.05) is 76.2 Å². The Kier molecular flexibility index (Phi) is 6.13. The highest BCUT2D eigenvalue weighted by Gasteiger charge is 2.26. The lowest BCUT2D eigenvalue weighted by Crippen LogP contribution is -2.26. The molecule has 0 aliphatic heterocycles. The standard InChI is InChI=1S/C25H25NO3/c1-16-10-12-18(3)21(14-16)25(28)29-23(20-8-6-5-7-9-20)24(27)26-22-15-17(2)11-13-19(22)4/h5-15,23H,1-4H3,(H,26,27)/t23-/m0/s1. The molecule has 0 bridgehead atoms. The fraction of sp³-hybridized carbons (Fsp3) is 0.200. The van der Waals surface area contributed by atoms with Crippen molar-refractivity contribution < 1.29 is 14.3 Å². The Labute approximate surface area is 171 Å². The van der Waals surface area contributed by atoms with Crippen LogP contribution in [0.3, 0.4) is 0 Å². The average molecular weight is 387 g/mol. The number of ether oxygens (including phenoxy) is 1. The van der Waals surface area contributed by atoms with E-state index in [0.717, 1.165) is 22.3 Å². The third-order valence-corrected chi connectivity index (χ3v) is 4.83. The first-order valence-electron chi connectivity index (χ1n) is 9.56. The number of amides is 1. The van der Waals surface area contributed by atoms with Gasteiger partial charge in [-0.05, 0) is 56.5 Å². The zero-order valence-electron chi connectivity index (χ0n) is 17.2. The molecule has 0 heterocycles. The smallest absolute Gasteiger partial charge is 0.339 e. The van der Waals surface area contributed by atoms with E-state index < -0.39 is 12.1 Å². The van der Waals surface area contributed by atoms with Gasteiger partial charge in [-0.1, -0.05) is 60.2 Å². The van der Waals surface area contributed by atoms with E-state index in [9.17, 15) is 9.59 Å². The Balaban J connectivity index is 1.91. The van der Waals surface area contributed by atoms with Crippen LogP contribution in [0.25, 0.3) is 0 Å². The number of rotatable bonds is 5. The topological polar surface area (TPSA) is 55.4 Å². The molecule has 0 aromatic heterocycles. The van der Waals surface area contributed by atoms with Gasteiger partial charge in [0.2, 0.25) is 6.10 Å². The molecule has 0 fully saturated rings. The lowest BCUT2D eigenvalue weighted by molar-refractivity contribution is -0.125. The molecule has 29 heavy (non-hydrogen) atoms. The second-order valence-corrected chi connectivity index (χ2v) is 7.32. The van der Waals surface area contributed by atoms with Crippen molar-refractivity contribution in [1.29, 1.82) is 0 Å². The first-order chi connectivity index (χ1) is 13.8. The molecule has 4 nitrogen and oxygen atoms in total. The van der Waals surface area contributed by atoms with Gasteiger partial charge in [0.25, 0.3) is 5.91 Å². The molecule has 0 aliphatic rings. The van der Waals surface area contributed by atoms with Crippen molar-refractivity contribution >= 4 is 17.6 Å². The molecule has 0 aliphatic carbocycles. The van der Waals surface area contributed by atoms with Crippen molar-refractivity contribution in [3.63, 3.8) is 0 Å². The Hall–Kier alpha value is -3.40. The van der Waals surface area contributed by atoms with Crippen LogP contribution in [0.1, 0.15) is 44.3 Å². The molecule has 4 heteroatoms. The molecule has 148 valence electrons. The molecular weight excluding hydrogens is 362 g/mol. The Morgan fingerprint density at radius 2 is 1.41 bits per heavy atom. The number of benzene rings is 3. The van der Waals surface area contributed by atoms with Crippen molar-refractivity contribution in [2.75, 3.05) is 5.32 Å². The quantitative estimate of drug-likeness (QED) is 0.592. The highest BCUT2D eigenvalue weighted by atomic mass is 16.5. The van der Waals surface area contributed by atoms with Crippen molar-refractivity contribution in [3.05, 3.63) is 100 Å². The molecule has 1 amide bonds. The van der Waals surface area contributed by atoms with Gasteiger partial charge in [-0.25, -0.2) is 4.79 Å². The van der Waals surface area contributed by atoms with Gasteiger partial charge in [0.05, 0.1) is 5.56 Å². The summed E-state index contributed by atoms with van der Waals surface area (Å²) in [5, 5.41) is 2.92. The second kappa shape index (κ2) is 8.74. The molecule has 0 saturated heterocycles. The van der Waals surface area contributed by atoms with E-state index in [4.69, 9.17) is 4.74 Å². The SMILES string of the molecule is Cc1ccc(C)c(NC(=O)[C@@H](OC(=O)c2cc(C)ccc2C)c2ccccc2)c1. The number of carbonyl (C=O) groups is 2. The molecule has 1 atom stereocenters. The molecule has 0 unspecified atom stereocenters. The van der Waals surface area contributed by atoms with Gasteiger partial charge in [0.1, 0.15) is 0 Å². The van der Waals surface area contributed by atoms with E-state index in [1.54, 1.807) is 18.2 Å². The van der Waals surface area contributed by atoms with Gasteiger partial charge in [0.15, 0.2) is 0 Å². The van der Waals surface area contributed by atoms with Crippen molar-refractivity contribution in [3.8, 4) is 0 Å².